The van der Waals surface area contributed by atoms with E-state index in [1.165, 1.54) is 0 Å². The summed E-state index contributed by atoms with van der Waals surface area (Å²) in [5, 5.41) is 12.6. The minimum atomic E-state index is -0.0380. The van der Waals surface area contributed by atoms with Gasteiger partial charge in [-0.15, -0.1) is 0 Å². The number of urea groups is 1. The number of likely N-dealkylation sites (tertiary alicyclic amines) is 1. The van der Waals surface area contributed by atoms with Gasteiger partial charge in [0, 0.05) is 31.6 Å². The van der Waals surface area contributed by atoms with Crippen LogP contribution >= 0.6 is 0 Å². The molecule has 0 unspecified atom stereocenters. The fourth-order valence-electron chi connectivity index (χ4n) is 2.71. The van der Waals surface area contributed by atoms with Gasteiger partial charge in [-0.2, -0.15) is 0 Å². The summed E-state index contributed by atoms with van der Waals surface area (Å²) in [4.78, 5) is 15.9. The first-order valence-corrected chi connectivity index (χ1v) is 7.31. The Bertz CT molecular complexity index is 274. The number of unbranched alkanes of at least 4 members (excludes halogenated alkanes) is 1. The van der Waals surface area contributed by atoms with Crippen LogP contribution in [0.2, 0.25) is 0 Å². The first-order chi connectivity index (χ1) is 9.03. The lowest BCUT2D eigenvalue weighted by atomic mass is 9.79. The SMILES string of the molecule is CCCCNC(=O)N1CCC(CO)(CN(C)C)CC1. The predicted octanol–water partition coefficient (Wildman–Crippen LogP) is 1.13. The Hall–Kier alpha value is -0.810. The molecule has 0 radical (unpaired) electrons. The summed E-state index contributed by atoms with van der Waals surface area (Å²) in [7, 11) is 4.06. The van der Waals surface area contributed by atoms with Crippen molar-refractivity contribution in [2.75, 3.05) is 46.9 Å². The maximum absolute atomic E-state index is 11.9. The number of aliphatic hydroxyl groups excluding tert-OH is 1. The number of rotatable bonds is 6. The van der Waals surface area contributed by atoms with Crippen LogP contribution in [0.1, 0.15) is 32.6 Å². The molecular formula is C14H29N3O2. The maximum Gasteiger partial charge on any atom is 0.317 e. The molecule has 1 aliphatic heterocycles. The normalized spacial score (nSPS) is 18.7. The number of hydrogen-bond acceptors (Lipinski definition) is 3. The monoisotopic (exact) mass is 271 g/mol. The van der Waals surface area contributed by atoms with Gasteiger partial charge in [-0.3, -0.25) is 0 Å². The van der Waals surface area contributed by atoms with Crippen molar-refractivity contribution in [1.29, 1.82) is 0 Å². The largest absolute Gasteiger partial charge is 0.396 e. The minimum absolute atomic E-state index is 0.0380. The van der Waals surface area contributed by atoms with Gasteiger partial charge in [0.2, 0.25) is 0 Å². The summed E-state index contributed by atoms with van der Waals surface area (Å²) in [5.41, 5.74) is -0.0380. The Labute approximate surface area is 117 Å². The second kappa shape index (κ2) is 7.70. The van der Waals surface area contributed by atoms with Crippen molar-refractivity contribution in [2.45, 2.75) is 32.6 Å². The number of aliphatic hydroxyl groups is 1. The van der Waals surface area contributed by atoms with Gasteiger partial charge in [0.05, 0.1) is 6.61 Å². The topological polar surface area (TPSA) is 55.8 Å². The molecule has 0 saturated carbocycles. The summed E-state index contributed by atoms with van der Waals surface area (Å²) in [5.74, 6) is 0. The van der Waals surface area contributed by atoms with E-state index in [0.29, 0.717) is 0 Å². The van der Waals surface area contributed by atoms with E-state index in [2.05, 4.69) is 17.1 Å². The van der Waals surface area contributed by atoms with Gasteiger partial charge < -0.3 is 20.2 Å². The Morgan fingerprint density at radius 1 is 1.37 bits per heavy atom. The summed E-state index contributed by atoms with van der Waals surface area (Å²) < 4.78 is 0. The molecule has 2 amide bonds. The van der Waals surface area contributed by atoms with Crippen molar-refractivity contribution in [1.82, 2.24) is 15.1 Å². The third-order valence-corrected chi connectivity index (χ3v) is 3.90. The third kappa shape index (κ3) is 4.99. The highest BCUT2D eigenvalue weighted by Gasteiger charge is 2.35. The smallest absolute Gasteiger partial charge is 0.317 e. The number of piperidine rings is 1. The second-order valence-corrected chi connectivity index (χ2v) is 5.97. The van der Waals surface area contributed by atoms with Crippen molar-refractivity contribution in [2.24, 2.45) is 5.41 Å². The molecule has 1 rings (SSSR count). The number of amides is 2. The van der Waals surface area contributed by atoms with Crippen LogP contribution in [0.15, 0.2) is 0 Å². The quantitative estimate of drug-likeness (QED) is 0.712. The average molecular weight is 271 g/mol. The van der Waals surface area contributed by atoms with E-state index in [1.807, 2.05) is 19.0 Å². The number of carbonyl (C=O) groups is 1. The highest BCUT2D eigenvalue weighted by molar-refractivity contribution is 5.74. The second-order valence-electron chi connectivity index (χ2n) is 5.97. The van der Waals surface area contributed by atoms with Crippen LogP contribution in [0.3, 0.4) is 0 Å². The molecule has 0 aliphatic carbocycles. The highest BCUT2D eigenvalue weighted by atomic mass is 16.3. The summed E-state index contributed by atoms with van der Waals surface area (Å²) in [6, 6.07) is 0.0462. The van der Waals surface area contributed by atoms with Gasteiger partial charge in [-0.1, -0.05) is 13.3 Å². The number of hydrogen-bond donors (Lipinski definition) is 2. The molecule has 1 saturated heterocycles. The Morgan fingerprint density at radius 3 is 2.47 bits per heavy atom. The van der Waals surface area contributed by atoms with Gasteiger partial charge in [0.1, 0.15) is 0 Å². The summed E-state index contributed by atoms with van der Waals surface area (Å²) in [6.07, 6.45) is 3.88. The molecule has 0 atom stereocenters. The van der Waals surface area contributed by atoms with Gasteiger partial charge >= 0.3 is 6.03 Å². The van der Waals surface area contributed by atoms with Gasteiger partial charge in [-0.05, 0) is 33.4 Å². The lowest BCUT2D eigenvalue weighted by Gasteiger charge is -2.42. The molecular weight excluding hydrogens is 242 g/mol. The van der Waals surface area contributed by atoms with Gasteiger partial charge in [0.15, 0.2) is 0 Å². The van der Waals surface area contributed by atoms with Gasteiger partial charge in [0.25, 0.3) is 0 Å². The first-order valence-electron chi connectivity index (χ1n) is 7.31. The minimum Gasteiger partial charge on any atom is -0.396 e. The van der Waals surface area contributed by atoms with E-state index >= 15 is 0 Å². The Kier molecular flexibility index (Phi) is 6.58. The van der Waals surface area contributed by atoms with Crippen molar-refractivity contribution in [3.05, 3.63) is 0 Å². The van der Waals surface area contributed by atoms with Gasteiger partial charge in [-0.25, -0.2) is 4.79 Å². The molecule has 112 valence electrons. The van der Waals surface area contributed by atoms with Crippen LogP contribution in [0.5, 0.6) is 0 Å². The van der Waals surface area contributed by atoms with Crippen LogP contribution in [-0.2, 0) is 0 Å². The molecule has 1 heterocycles. The summed E-state index contributed by atoms with van der Waals surface area (Å²) >= 11 is 0. The molecule has 0 spiro atoms. The third-order valence-electron chi connectivity index (χ3n) is 3.90. The zero-order valence-electron chi connectivity index (χ0n) is 12.6. The molecule has 1 aliphatic rings. The van der Waals surface area contributed by atoms with Crippen LogP contribution < -0.4 is 5.32 Å². The summed E-state index contributed by atoms with van der Waals surface area (Å²) in [6.45, 7) is 5.45. The fourth-order valence-corrected chi connectivity index (χ4v) is 2.71. The van der Waals surface area contributed by atoms with E-state index in [-0.39, 0.29) is 18.1 Å². The molecule has 2 N–H and O–H groups in total. The van der Waals surface area contributed by atoms with Crippen LogP contribution in [0.4, 0.5) is 4.79 Å². The number of nitrogens with zero attached hydrogens (tertiary/aromatic N) is 2. The van der Waals surface area contributed by atoms with E-state index in [4.69, 9.17) is 0 Å². The van der Waals surface area contributed by atoms with E-state index in [0.717, 1.165) is 51.9 Å². The molecule has 5 heteroatoms. The highest BCUT2D eigenvalue weighted by Crippen LogP contribution is 2.31. The van der Waals surface area contributed by atoms with Crippen LogP contribution in [0.25, 0.3) is 0 Å². The van der Waals surface area contributed by atoms with Crippen LogP contribution in [-0.4, -0.2) is 67.8 Å². The van der Waals surface area contributed by atoms with Crippen molar-refractivity contribution in [3.8, 4) is 0 Å². The molecule has 0 bridgehead atoms. The molecule has 19 heavy (non-hydrogen) atoms. The zero-order valence-corrected chi connectivity index (χ0v) is 12.6. The molecule has 0 aromatic heterocycles. The number of nitrogens with one attached hydrogen (secondary N) is 1. The lowest BCUT2D eigenvalue weighted by molar-refractivity contribution is 0.0341. The standard InChI is InChI=1S/C14H29N3O2/c1-4-5-8-15-13(19)17-9-6-14(12-18,7-10-17)11-16(2)3/h18H,4-12H2,1-3H3,(H,15,19). The molecule has 0 aromatic carbocycles. The van der Waals surface area contributed by atoms with Crippen LogP contribution in [0, 0.1) is 5.41 Å². The lowest BCUT2D eigenvalue weighted by Crippen LogP contribution is -2.51. The maximum atomic E-state index is 11.9. The Balaban J connectivity index is 2.40. The number of carbonyl (C=O) groups excluding carboxylic acids is 1. The van der Waals surface area contributed by atoms with E-state index in [9.17, 15) is 9.90 Å². The molecule has 5 nitrogen and oxygen atoms in total. The first kappa shape index (κ1) is 16.2. The Morgan fingerprint density at radius 2 is 2.00 bits per heavy atom. The predicted molar refractivity (Wildman–Crippen MR) is 77.2 cm³/mol. The molecule has 0 aromatic rings. The van der Waals surface area contributed by atoms with E-state index in [1.54, 1.807) is 0 Å². The van der Waals surface area contributed by atoms with Crippen molar-refractivity contribution in [3.63, 3.8) is 0 Å². The molecule has 1 fully saturated rings. The zero-order chi connectivity index (χ0) is 14.3. The average Bonchev–Trinajstić information content (AvgIpc) is 2.39. The fraction of sp³-hybridized carbons (Fsp3) is 0.929. The van der Waals surface area contributed by atoms with Crippen molar-refractivity contribution >= 4 is 6.03 Å². The van der Waals surface area contributed by atoms with E-state index < -0.39 is 0 Å². The van der Waals surface area contributed by atoms with Crippen molar-refractivity contribution < 1.29 is 9.90 Å².